The molecule has 1 aromatic rings. The van der Waals surface area contributed by atoms with Crippen LogP contribution in [0.2, 0.25) is 0 Å². The molecular formula is C16H27N3. The van der Waals surface area contributed by atoms with Crippen molar-refractivity contribution in [3.63, 3.8) is 0 Å². The van der Waals surface area contributed by atoms with Crippen molar-refractivity contribution in [1.82, 2.24) is 15.2 Å². The van der Waals surface area contributed by atoms with Crippen molar-refractivity contribution in [3.05, 3.63) is 29.6 Å². The van der Waals surface area contributed by atoms with E-state index in [1.165, 1.54) is 43.5 Å². The molecule has 1 saturated heterocycles. The first-order chi connectivity index (χ1) is 9.27. The average Bonchev–Trinajstić information content (AvgIpc) is 2.41. The highest BCUT2D eigenvalue weighted by atomic mass is 15.2. The fraction of sp³-hybridized carbons (Fsp3) is 0.688. The first-order valence-electron chi connectivity index (χ1n) is 7.57. The number of nitrogens with one attached hydrogen (secondary N) is 1. The summed E-state index contributed by atoms with van der Waals surface area (Å²) < 4.78 is 0. The first kappa shape index (κ1) is 14.5. The van der Waals surface area contributed by atoms with Gasteiger partial charge in [0.2, 0.25) is 0 Å². The van der Waals surface area contributed by atoms with Crippen molar-refractivity contribution in [2.24, 2.45) is 5.92 Å². The number of aromatic nitrogens is 1. The molecule has 3 heteroatoms. The Bertz CT molecular complexity index is 373. The average molecular weight is 261 g/mol. The van der Waals surface area contributed by atoms with Crippen LogP contribution in [0, 0.1) is 12.8 Å². The second-order valence-electron chi connectivity index (χ2n) is 5.67. The molecule has 1 aromatic heterocycles. The van der Waals surface area contributed by atoms with Crippen molar-refractivity contribution >= 4 is 0 Å². The Morgan fingerprint density at radius 3 is 3.00 bits per heavy atom. The van der Waals surface area contributed by atoms with Crippen molar-refractivity contribution in [3.8, 4) is 0 Å². The van der Waals surface area contributed by atoms with Crippen LogP contribution >= 0.6 is 0 Å². The Kier molecular flexibility index (Phi) is 5.34. The van der Waals surface area contributed by atoms with Gasteiger partial charge in [0, 0.05) is 18.4 Å². The van der Waals surface area contributed by atoms with Crippen LogP contribution < -0.4 is 5.32 Å². The summed E-state index contributed by atoms with van der Waals surface area (Å²) in [5.74, 6) is 0.702. The lowest BCUT2D eigenvalue weighted by molar-refractivity contribution is 0.0917. The van der Waals surface area contributed by atoms with E-state index in [1.807, 2.05) is 6.20 Å². The predicted octanol–water partition coefficient (Wildman–Crippen LogP) is 2.77. The maximum absolute atomic E-state index is 4.36. The molecule has 1 N–H and O–H groups in total. The van der Waals surface area contributed by atoms with Gasteiger partial charge in [-0.1, -0.05) is 6.92 Å². The fourth-order valence-corrected chi connectivity index (χ4v) is 3.40. The number of hydrogen-bond acceptors (Lipinski definition) is 3. The molecule has 1 aliphatic heterocycles. The molecule has 0 radical (unpaired) electrons. The molecule has 0 bridgehead atoms. The quantitative estimate of drug-likeness (QED) is 0.883. The van der Waals surface area contributed by atoms with Gasteiger partial charge in [0.25, 0.3) is 0 Å². The maximum Gasteiger partial charge on any atom is 0.0406 e. The lowest BCUT2D eigenvalue weighted by atomic mass is 9.83. The maximum atomic E-state index is 4.36. The minimum absolute atomic E-state index is 0.537. The van der Waals surface area contributed by atoms with Gasteiger partial charge in [-0.25, -0.2) is 0 Å². The number of hydrogen-bond donors (Lipinski definition) is 1. The van der Waals surface area contributed by atoms with E-state index in [0.717, 1.165) is 6.54 Å². The lowest BCUT2D eigenvalue weighted by Crippen LogP contribution is -2.42. The van der Waals surface area contributed by atoms with Gasteiger partial charge < -0.3 is 5.32 Å². The van der Waals surface area contributed by atoms with Gasteiger partial charge in [0.1, 0.15) is 0 Å². The predicted molar refractivity (Wildman–Crippen MR) is 80.2 cm³/mol. The number of nitrogens with zero attached hydrogens (tertiary/aromatic N) is 2. The third-order valence-electron chi connectivity index (χ3n) is 4.24. The minimum Gasteiger partial charge on any atom is -0.319 e. The summed E-state index contributed by atoms with van der Waals surface area (Å²) in [6, 6.07) is 2.68. The van der Waals surface area contributed by atoms with Crippen molar-refractivity contribution < 1.29 is 0 Å². The number of piperidine rings is 1. The zero-order valence-electron chi connectivity index (χ0n) is 12.5. The molecule has 0 spiro atoms. The molecule has 1 fully saturated rings. The topological polar surface area (TPSA) is 28.2 Å². The second-order valence-corrected chi connectivity index (χ2v) is 5.67. The summed E-state index contributed by atoms with van der Waals surface area (Å²) in [6.07, 6.45) is 7.85. The molecule has 2 atom stereocenters. The molecule has 2 heterocycles. The third kappa shape index (κ3) is 3.34. The lowest BCUT2D eigenvalue weighted by Gasteiger charge is -2.42. The SMILES string of the molecule is CCCN1CCCC(CNC)C1c1cnccc1C. The van der Waals surface area contributed by atoms with Crippen LogP contribution in [-0.2, 0) is 0 Å². The van der Waals surface area contributed by atoms with E-state index in [-0.39, 0.29) is 0 Å². The third-order valence-corrected chi connectivity index (χ3v) is 4.24. The molecule has 0 saturated carbocycles. The molecule has 2 rings (SSSR count). The van der Waals surface area contributed by atoms with Crippen molar-refractivity contribution in [1.29, 1.82) is 0 Å². The van der Waals surface area contributed by atoms with Gasteiger partial charge >= 0.3 is 0 Å². The van der Waals surface area contributed by atoms with E-state index in [4.69, 9.17) is 0 Å². The summed E-state index contributed by atoms with van der Waals surface area (Å²) in [4.78, 5) is 7.02. The smallest absolute Gasteiger partial charge is 0.0406 e. The normalized spacial score (nSPS) is 24.6. The summed E-state index contributed by atoms with van der Waals surface area (Å²) in [7, 11) is 2.06. The van der Waals surface area contributed by atoms with E-state index >= 15 is 0 Å². The Morgan fingerprint density at radius 2 is 2.32 bits per heavy atom. The molecule has 19 heavy (non-hydrogen) atoms. The Morgan fingerprint density at radius 1 is 1.47 bits per heavy atom. The van der Waals surface area contributed by atoms with E-state index < -0.39 is 0 Å². The van der Waals surface area contributed by atoms with E-state index in [9.17, 15) is 0 Å². The molecule has 1 aliphatic rings. The van der Waals surface area contributed by atoms with Crippen LogP contribution in [0.15, 0.2) is 18.5 Å². The van der Waals surface area contributed by atoms with Crippen LogP contribution in [0.25, 0.3) is 0 Å². The van der Waals surface area contributed by atoms with Gasteiger partial charge in [0.15, 0.2) is 0 Å². The molecule has 0 aromatic carbocycles. The highest BCUT2D eigenvalue weighted by molar-refractivity contribution is 5.26. The number of pyridine rings is 1. The molecule has 106 valence electrons. The Hall–Kier alpha value is -0.930. The zero-order valence-corrected chi connectivity index (χ0v) is 12.5. The van der Waals surface area contributed by atoms with Crippen LogP contribution in [-0.4, -0.2) is 36.6 Å². The van der Waals surface area contributed by atoms with Crippen LogP contribution in [0.3, 0.4) is 0 Å². The largest absolute Gasteiger partial charge is 0.319 e. The fourth-order valence-electron chi connectivity index (χ4n) is 3.40. The van der Waals surface area contributed by atoms with Crippen LogP contribution in [0.1, 0.15) is 43.4 Å². The van der Waals surface area contributed by atoms with Gasteiger partial charge in [-0.2, -0.15) is 0 Å². The van der Waals surface area contributed by atoms with E-state index in [0.29, 0.717) is 12.0 Å². The van der Waals surface area contributed by atoms with Crippen molar-refractivity contribution in [2.75, 3.05) is 26.7 Å². The Labute approximate surface area is 117 Å². The molecular weight excluding hydrogens is 234 g/mol. The van der Waals surface area contributed by atoms with Crippen LogP contribution in [0.4, 0.5) is 0 Å². The highest BCUT2D eigenvalue weighted by Crippen LogP contribution is 2.36. The van der Waals surface area contributed by atoms with Gasteiger partial charge in [-0.3, -0.25) is 9.88 Å². The number of aryl methyl sites for hydroxylation is 1. The van der Waals surface area contributed by atoms with E-state index in [2.05, 4.69) is 48.4 Å². The first-order valence-corrected chi connectivity index (χ1v) is 7.57. The summed E-state index contributed by atoms with van der Waals surface area (Å²) >= 11 is 0. The van der Waals surface area contributed by atoms with Gasteiger partial charge in [0.05, 0.1) is 0 Å². The van der Waals surface area contributed by atoms with Gasteiger partial charge in [-0.15, -0.1) is 0 Å². The summed E-state index contributed by atoms with van der Waals surface area (Å²) in [6.45, 7) is 8.01. The molecule has 0 aliphatic carbocycles. The zero-order chi connectivity index (χ0) is 13.7. The Balaban J connectivity index is 2.29. The molecule has 2 unspecified atom stereocenters. The monoisotopic (exact) mass is 261 g/mol. The summed E-state index contributed by atoms with van der Waals surface area (Å²) in [5, 5.41) is 3.37. The van der Waals surface area contributed by atoms with Crippen molar-refractivity contribution in [2.45, 2.75) is 39.2 Å². The number of rotatable bonds is 5. The molecule has 0 amide bonds. The highest BCUT2D eigenvalue weighted by Gasteiger charge is 2.32. The minimum atomic E-state index is 0.537. The summed E-state index contributed by atoms with van der Waals surface area (Å²) in [5.41, 5.74) is 2.81. The second kappa shape index (κ2) is 7.01. The van der Waals surface area contributed by atoms with E-state index in [1.54, 1.807) is 0 Å². The molecule has 3 nitrogen and oxygen atoms in total. The van der Waals surface area contributed by atoms with Crippen LogP contribution in [0.5, 0.6) is 0 Å². The van der Waals surface area contributed by atoms with Gasteiger partial charge in [-0.05, 0) is 76.0 Å². The number of likely N-dealkylation sites (tertiary alicyclic amines) is 1. The standard InChI is InChI=1S/C16H27N3/c1-4-9-19-10-5-6-14(11-17-3)16(19)15-12-18-8-7-13(15)2/h7-8,12,14,16-17H,4-6,9-11H2,1-3H3.